The van der Waals surface area contributed by atoms with Crippen molar-refractivity contribution in [3.63, 3.8) is 0 Å². The van der Waals surface area contributed by atoms with Crippen LogP contribution in [0.2, 0.25) is 10.0 Å². The first kappa shape index (κ1) is 7.51. The minimum absolute atomic E-state index is 0.419. The second-order valence-corrected chi connectivity index (χ2v) is 2.42. The Morgan fingerprint density at radius 1 is 1.30 bits per heavy atom. The summed E-state index contributed by atoms with van der Waals surface area (Å²) in [4.78, 5) is 7.36. The number of aliphatic imine (C=N–C) groups is 1. The molecule has 4 heteroatoms. The van der Waals surface area contributed by atoms with Crippen LogP contribution in [0.15, 0.2) is 17.4 Å². The maximum atomic E-state index is 5.65. The molecule has 0 saturated carbocycles. The Bertz CT molecular complexity index is 240. The van der Waals surface area contributed by atoms with Gasteiger partial charge in [-0.3, -0.25) is 9.98 Å². The average Bonchev–Trinajstić information content (AvgIpc) is 1.88. The normalized spacial score (nSPS) is 9.40. The van der Waals surface area contributed by atoms with Gasteiger partial charge in [-0.1, -0.05) is 23.2 Å². The molecule has 0 aliphatic carbocycles. The zero-order chi connectivity index (χ0) is 7.56. The molecule has 1 aromatic heterocycles. The van der Waals surface area contributed by atoms with Crippen molar-refractivity contribution in [3.05, 3.63) is 22.4 Å². The first-order valence-corrected chi connectivity index (χ1v) is 3.27. The lowest BCUT2D eigenvalue weighted by molar-refractivity contribution is 1.32. The number of pyridine rings is 1. The third-order valence-electron chi connectivity index (χ3n) is 0.986. The van der Waals surface area contributed by atoms with Crippen LogP contribution in [0.4, 0.5) is 5.69 Å². The van der Waals surface area contributed by atoms with Gasteiger partial charge in [-0.15, -0.1) is 0 Å². The summed E-state index contributed by atoms with van der Waals surface area (Å²) in [6.07, 6.45) is 2.94. The molecule has 0 bridgehead atoms. The molecule has 52 valence electrons. The van der Waals surface area contributed by atoms with Gasteiger partial charge in [0.2, 0.25) is 0 Å². The van der Waals surface area contributed by atoms with Crippen LogP contribution in [0, 0.1) is 0 Å². The van der Waals surface area contributed by atoms with E-state index in [0.717, 1.165) is 0 Å². The minimum atomic E-state index is 0.419. The highest BCUT2D eigenvalue weighted by Gasteiger charge is 2.01. The Morgan fingerprint density at radius 3 is 2.10 bits per heavy atom. The quantitative estimate of drug-likeness (QED) is 0.602. The Kier molecular flexibility index (Phi) is 2.25. The Hall–Kier alpha value is -0.600. The van der Waals surface area contributed by atoms with Crippen LogP contribution in [-0.2, 0) is 0 Å². The predicted molar refractivity (Wildman–Crippen MR) is 43.5 cm³/mol. The van der Waals surface area contributed by atoms with Gasteiger partial charge >= 0.3 is 0 Å². The summed E-state index contributed by atoms with van der Waals surface area (Å²) in [5.74, 6) is 0. The van der Waals surface area contributed by atoms with Gasteiger partial charge in [-0.05, 0) is 6.72 Å². The van der Waals surface area contributed by atoms with Gasteiger partial charge in [0.1, 0.15) is 5.69 Å². The van der Waals surface area contributed by atoms with Crippen molar-refractivity contribution in [1.82, 2.24) is 4.98 Å². The fourth-order valence-corrected chi connectivity index (χ4v) is 1.04. The van der Waals surface area contributed by atoms with Gasteiger partial charge in [-0.2, -0.15) is 0 Å². The van der Waals surface area contributed by atoms with Crippen LogP contribution in [-0.4, -0.2) is 11.7 Å². The fraction of sp³-hybridized carbons (Fsp3) is 0. The lowest BCUT2D eigenvalue weighted by Crippen LogP contribution is -1.73. The van der Waals surface area contributed by atoms with Gasteiger partial charge in [0, 0.05) is 12.4 Å². The van der Waals surface area contributed by atoms with Crippen molar-refractivity contribution in [2.45, 2.75) is 0 Å². The molecule has 0 aliphatic heterocycles. The molecular formula is C6H4Cl2N2. The molecule has 0 amide bonds. The second-order valence-electron chi connectivity index (χ2n) is 1.61. The van der Waals surface area contributed by atoms with E-state index in [1.807, 2.05) is 0 Å². The third-order valence-corrected chi connectivity index (χ3v) is 1.54. The maximum Gasteiger partial charge on any atom is 0.103 e. The molecule has 0 saturated heterocycles. The van der Waals surface area contributed by atoms with Crippen LogP contribution in [0.1, 0.15) is 0 Å². The van der Waals surface area contributed by atoms with E-state index in [4.69, 9.17) is 23.2 Å². The lowest BCUT2D eigenvalue weighted by Gasteiger charge is -1.96. The second kappa shape index (κ2) is 2.99. The molecule has 2 nitrogen and oxygen atoms in total. The number of halogens is 2. The Morgan fingerprint density at radius 2 is 1.80 bits per heavy atom. The van der Waals surface area contributed by atoms with Crippen LogP contribution in [0.5, 0.6) is 0 Å². The van der Waals surface area contributed by atoms with Gasteiger partial charge < -0.3 is 0 Å². The van der Waals surface area contributed by atoms with E-state index in [0.29, 0.717) is 15.7 Å². The van der Waals surface area contributed by atoms with Gasteiger partial charge in [0.15, 0.2) is 0 Å². The molecule has 0 fully saturated rings. The molecule has 0 radical (unpaired) electrons. The van der Waals surface area contributed by atoms with Crippen molar-refractivity contribution in [3.8, 4) is 0 Å². The fourth-order valence-electron chi connectivity index (χ4n) is 0.556. The molecule has 0 unspecified atom stereocenters. The summed E-state index contributed by atoms with van der Waals surface area (Å²) in [6.45, 7) is 3.31. The lowest BCUT2D eigenvalue weighted by atomic mass is 10.4. The zero-order valence-electron chi connectivity index (χ0n) is 5.01. The SMILES string of the molecule is C=Nc1c(Cl)cncc1Cl. The highest BCUT2D eigenvalue weighted by atomic mass is 35.5. The van der Waals surface area contributed by atoms with Crippen molar-refractivity contribution >= 4 is 35.6 Å². The van der Waals surface area contributed by atoms with Gasteiger partial charge in [-0.25, -0.2) is 0 Å². The van der Waals surface area contributed by atoms with E-state index in [9.17, 15) is 0 Å². The predicted octanol–water partition coefficient (Wildman–Crippen LogP) is 2.72. The number of nitrogens with zero attached hydrogens (tertiary/aromatic N) is 2. The van der Waals surface area contributed by atoms with Crippen LogP contribution < -0.4 is 0 Å². The molecule has 0 aromatic carbocycles. The van der Waals surface area contributed by atoms with E-state index in [-0.39, 0.29) is 0 Å². The van der Waals surface area contributed by atoms with Crippen molar-refractivity contribution < 1.29 is 0 Å². The number of hydrogen-bond donors (Lipinski definition) is 0. The van der Waals surface area contributed by atoms with Crippen LogP contribution in [0.3, 0.4) is 0 Å². The molecule has 0 aliphatic rings. The van der Waals surface area contributed by atoms with Crippen molar-refractivity contribution in [2.24, 2.45) is 4.99 Å². The molecule has 10 heavy (non-hydrogen) atoms. The third kappa shape index (κ3) is 1.28. The molecule has 1 rings (SSSR count). The van der Waals surface area contributed by atoms with Crippen molar-refractivity contribution in [2.75, 3.05) is 0 Å². The zero-order valence-corrected chi connectivity index (χ0v) is 6.52. The van der Waals surface area contributed by atoms with E-state index in [1.54, 1.807) is 0 Å². The Labute approximate surface area is 68.5 Å². The number of hydrogen-bond acceptors (Lipinski definition) is 2. The van der Waals surface area contributed by atoms with E-state index >= 15 is 0 Å². The molecule has 1 aromatic rings. The molecular weight excluding hydrogens is 171 g/mol. The molecule has 0 N–H and O–H groups in total. The van der Waals surface area contributed by atoms with E-state index < -0.39 is 0 Å². The summed E-state index contributed by atoms with van der Waals surface area (Å²) >= 11 is 11.3. The molecule has 0 atom stereocenters. The summed E-state index contributed by atoms with van der Waals surface area (Å²) < 4.78 is 0. The number of aromatic nitrogens is 1. The first-order valence-electron chi connectivity index (χ1n) is 2.51. The highest BCUT2D eigenvalue weighted by Crippen LogP contribution is 2.30. The summed E-state index contributed by atoms with van der Waals surface area (Å²) in [5, 5.41) is 0.838. The average molecular weight is 175 g/mol. The topological polar surface area (TPSA) is 25.2 Å². The summed E-state index contributed by atoms with van der Waals surface area (Å²) in [6, 6.07) is 0. The van der Waals surface area contributed by atoms with Gasteiger partial charge in [0.05, 0.1) is 10.0 Å². The summed E-state index contributed by atoms with van der Waals surface area (Å²) in [5.41, 5.74) is 0.485. The van der Waals surface area contributed by atoms with Gasteiger partial charge in [0.25, 0.3) is 0 Å². The monoisotopic (exact) mass is 174 g/mol. The Balaban J connectivity index is 3.30. The molecule has 0 spiro atoms. The standard InChI is InChI=1S/C6H4Cl2N2/c1-9-6-4(7)2-10-3-5(6)8/h2-3H,1H2. The molecule has 1 heterocycles. The maximum absolute atomic E-state index is 5.65. The minimum Gasteiger partial charge on any atom is -0.261 e. The highest BCUT2D eigenvalue weighted by molar-refractivity contribution is 6.38. The largest absolute Gasteiger partial charge is 0.261 e. The van der Waals surface area contributed by atoms with Crippen molar-refractivity contribution in [1.29, 1.82) is 0 Å². The summed E-state index contributed by atoms with van der Waals surface area (Å²) in [7, 11) is 0. The van der Waals surface area contributed by atoms with E-state index in [2.05, 4.69) is 16.7 Å². The van der Waals surface area contributed by atoms with E-state index in [1.165, 1.54) is 12.4 Å². The van der Waals surface area contributed by atoms with Crippen LogP contribution in [0.25, 0.3) is 0 Å². The van der Waals surface area contributed by atoms with Crippen LogP contribution >= 0.6 is 23.2 Å². The first-order chi connectivity index (χ1) is 4.75. The number of rotatable bonds is 1. The smallest absolute Gasteiger partial charge is 0.103 e.